The smallest absolute Gasteiger partial charge is 0.231 e. The van der Waals surface area contributed by atoms with Crippen molar-refractivity contribution in [3.63, 3.8) is 0 Å². The van der Waals surface area contributed by atoms with Gasteiger partial charge < -0.3 is 20.1 Å². The molecule has 6 nitrogen and oxygen atoms in total. The highest BCUT2D eigenvalue weighted by Gasteiger charge is 2.12. The zero-order valence-corrected chi connectivity index (χ0v) is 17.5. The fraction of sp³-hybridized carbons (Fsp3) is 0.412. The first-order valence-electron chi connectivity index (χ1n) is 8.05. The van der Waals surface area contributed by atoms with Gasteiger partial charge in [0, 0.05) is 19.0 Å². The van der Waals surface area contributed by atoms with Gasteiger partial charge >= 0.3 is 0 Å². The van der Waals surface area contributed by atoms with E-state index in [1.807, 2.05) is 12.1 Å². The fourth-order valence-corrected chi connectivity index (χ4v) is 3.15. The van der Waals surface area contributed by atoms with Crippen molar-refractivity contribution < 1.29 is 9.47 Å². The van der Waals surface area contributed by atoms with Gasteiger partial charge in [0.2, 0.25) is 6.79 Å². The van der Waals surface area contributed by atoms with Crippen LogP contribution in [0, 0.1) is 0 Å². The van der Waals surface area contributed by atoms with Crippen molar-refractivity contribution in [2.24, 2.45) is 4.99 Å². The van der Waals surface area contributed by atoms with Crippen molar-refractivity contribution in [2.75, 3.05) is 20.4 Å². The van der Waals surface area contributed by atoms with Gasteiger partial charge in [-0.25, -0.2) is 4.98 Å². The molecule has 0 saturated heterocycles. The highest BCUT2D eigenvalue weighted by atomic mass is 127. The Morgan fingerprint density at radius 3 is 2.88 bits per heavy atom. The van der Waals surface area contributed by atoms with Crippen LogP contribution in [0.3, 0.4) is 0 Å². The molecule has 1 aliphatic heterocycles. The second-order valence-electron chi connectivity index (χ2n) is 5.38. The molecule has 0 radical (unpaired) electrons. The van der Waals surface area contributed by atoms with E-state index in [1.165, 1.54) is 5.56 Å². The number of hydrogen-bond donors (Lipinski definition) is 2. The minimum atomic E-state index is 0. The lowest BCUT2D eigenvalue weighted by Gasteiger charge is -2.11. The maximum atomic E-state index is 5.40. The standard InChI is InChI=1S/C17H22N4O2S.HI/c1-3-16-21-13(10-24-16)9-20-17(18-2)19-7-6-12-4-5-14-15(8-12)23-11-22-14;/h4-5,8,10H,3,6-7,9,11H2,1-2H3,(H2,18,19,20);1H. The molecule has 0 unspecified atom stereocenters. The molecule has 3 rings (SSSR count). The Morgan fingerprint density at radius 1 is 1.28 bits per heavy atom. The molecule has 8 heteroatoms. The third kappa shape index (κ3) is 5.46. The van der Waals surface area contributed by atoms with Gasteiger partial charge in [-0.15, -0.1) is 35.3 Å². The first-order valence-corrected chi connectivity index (χ1v) is 8.92. The molecule has 25 heavy (non-hydrogen) atoms. The Hall–Kier alpha value is -1.55. The molecule has 0 fully saturated rings. The number of fused-ring (bicyclic) bond motifs is 1. The molecule has 2 N–H and O–H groups in total. The van der Waals surface area contributed by atoms with E-state index >= 15 is 0 Å². The van der Waals surface area contributed by atoms with E-state index in [0.717, 1.165) is 47.5 Å². The number of aromatic nitrogens is 1. The van der Waals surface area contributed by atoms with E-state index in [1.54, 1.807) is 18.4 Å². The number of aliphatic imine (C=N–C) groups is 1. The van der Waals surface area contributed by atoms with E-state index < -0.39 is 0 Å². The zero-order chi connectivity index (χ0) is 16.8. The number of ether oxygens (including phenoxy) is 2. The number of halogens is 1. The number of benzene rings is 1. The Balaban J connectivity index is 0.00000225. The van der Waals surface area contributed by atoms with Crippen molar-refractivity contribution in [3.05, 3.63) is 39.8 Å². The number of rotatable bonds is 6. The number of nitrogens with zero attached hydrogens (tertiary/aromatic N) is 2. The quantitative estimate of drug-likeness (QED) is 0.383. The van der Waals surface area contributed by atoms with Gasteiger partial charge in [0.25, 0.3) is 0 Å². The summed E-state index contributed by atoms with van der Waals surface area (Å²) >= 11 is 1.70. The van der Waals surface area contributed by atoms with Crippen LogP contribution in [0.1, 0.15) is 23.2 Å². The van der Waals surface area contributed by atoms with Crippen molar-refractivity contribution in [3.8, 4) is 11.5 Å². The monoisotopic (exact) mass is 474 g/mol. The third-order valence-electron chi connectivity index (χ3n) is 3.71. The summed E-state index contributed by atoms with van der Waals surface area (Å²) < 4.78 is 10.7. The van der Waals surface area contributed by atoms with Crippen LogP contribution >= 0.6 is 35.3 Å². The summed E-state index contributed by atoms with van der Waals surface area (Å²) in [7, 11) is 1.77. The Labute approximate surface area is 169 Å². The molecule has 2 aromatic rings. The lowest BCUT2D eigenvalue weighted by molar-refractivity contribution is 0.174. The summed E-state index contributed by atoms with van der Waals surface area (Å²) in [4.78, 5) is 8.79. The second-order valence-corrected chi connectivity index (χ2v) is 6.32. The molecule has 0 spiro atoms. The lowest BCUT2D eigenvalue weighted by atomic mass is 10.1. The van der Waals surface area contributed by atoms with Crippen LogP contribution in [0.4, 0.5) is 0 Å². The van der Waals surface area contributed by atoms with E-state index in [0.29, 0.717) is 13.3 Å². The molecular weight excluding hydrogens is 451 g/mol. The Bertz CT molecular complexity index is 720. The van der Waals surface area contributed by atoms with Gasteiger partial charge in [-0.05, 0) is 30.5 Å². The molecular formula is C17H23IN4O2S. The van der Waals surface area contributed by atoms with Gasteiger partial charge in [-0.3, -0.25) is 4.99 Å². The van der Waals surface area contributed by atoms with Crippen LogP contribution in [0.5, 0.6) is 11.5 Å². The first-order chi connectivity index (χ1) is 11.8. The van der Waals surface area contributed by atoms with Crippen LogP contribution in [0.2, 0.25) is 0 Å². The van der Waals surface area contributed by atoms with Crippen LogP contribution in [-0.4, -0.2) is 31.3 Å². The summed E-state index contributed by atoms with van der Waals surface area (Å²) in [5, 5.41) is 9.86. The van der Waals surface area contributed by atoms with Crippen molar-refractivity contribution in [2.45, 2.75) is 26.3 Å². The highest BCUT2D eigenvalue weighted by molar-refractivity contribution is 14.0. The number of hydrogen-bond acceptors (Lipinski definition) is 5. The molecule has 0 bridgehead atoms. The molecule has 136 valence electrons. The third-order valence-corrected chi connectivity index (χ3v) is 4.75. The van der Waals surface area contributed by atoms with Crippen LogP contribution in [0.15, 0.2) is 28.6 Å². The fourth-order valence-electron chi connectivity index (χ4n) is 2.41. The number of aryl methyl sites for hydroxylation is 1. The largest absolute Gasteiger partial charge is 0.454 e. The average molecular weight is 474 g/mol. The van der Waals surface area contributed by atoms with E-state index in [4.69, 9.17) is 9.47 Å². The first kappa shape index (κ1) is 19.8. The van der Waals surface area contributed by atoms with Gasteiger partial charge in [0.05, 0.1) is 17.2 Å². The summed E-state index contributed by atoms with van der Waals surface area (Å²) in [5.74, 6) is 2.42. The summed E-state index contributed by atoms with van der Waals surface area (Å²) in [5.41, 5.74) is 2.25. The normalized spacial score (nSPS) is 12.6. The summed E-state index contributed by atoms with van der Waals surface area (Å²) in [6.07, 6.45) is 1.86. The van der Waals surface area contributed by atoms with E-state index in [9.17, 15) is 0 Å². The van der Waals surface area contributed by atoms with Crippen molar-refractivity contribution in [1.82, 2.24) is 15.6 Å². The maximum Gasteiger partial charge on any atom is 0.231 e. The second kappa shape index (κ2) is 9.81. The summed E-state index contributed by atoms with van der Waals surface area (Å²) in [6, 6.07) is 6.05. The SMILES string of the molecule is CCc1nc(CNC(=NC)NCCc2ccc3c(c2)OCO3)cs1.I. The topological polar surface area (TPSA) is 67.8 Å². The van der Waals surface area contributed by atoms with Crippen molar-refractivity contribution >= 4 is 41.3 Å². The average Bonchev–Trinajstić information content (AvgIpc) is 3.26. The van der Waals surface area contributed by atoms with Crippen LogP contribution in [0.25, 0.3) is 0 Å². The highest BCUT2D eigenvalue weighted by Crippen LogP contribution is 2.32. The predicted octanol–water partition coefficient (Wildman–Crippen LogP) is 2.96. The van der Waals surface area contributed by atoms with Crippen molar-refractivity contribution in [1.29, 1.82) is 0 Å². The van der Waals surface area contributed by atoms with Gasteiger partial charge in [0.1, 0.15) is 0 Å². The van der Waals surface area contributed by atoms with Gasteiger partial charge in [0.15, 0.2) is 17.5 Å². The molecule has 0 amide bonds. The summed E-state index contributed by atoms with van der Waals surface area (Å²) in [6.45, 7) is 3.90. The Kier molecular flexibility index (Phi) is 7.76. The van der Waals surface area contributed by atoms with Crippen LogP contribution in [-0.2, 0) is 19.4 Å². The minimum Gasteiger partial charge on any atom is -0.454 e. The minimum absolute atomic E-state index is 0. The van der Waals surface area contributed by atoms with Gasteiger partial charge in [-0.2, -0.15) is 0 Å². The molecule has 0 aliphatic carbocycles. The Morgan fingerprint density at radius 2 is 2.12 bits per heavy atom. The molecule has 1 aromatic heterocycles. The predicted molar refractivity (Wildman–Crippen MR) is 111 cm³/mol. The number of thiazole rings is 1. The molecule has 2 heterocycles. The molecule has 0 atom stereocenters. The maximum absolute atomic E-state index is 5.40. The van der Waals surface area contributed by atoms with E-state index in [2.05, 4.69) is 39.0 Å². The molecule has 0 saturated carbocycles. The zero-order valence-electron chi connectivity index (χ0n) is 14.4. The molecule has 1 aliphatic rings. The van der Waals surface area contributed by atoms with Gasteiger partial charge in [-0.1, -0.05) is 13.0 Å². The lowest BCUT2D eigenvalue weighted by Crippen LogP contribution is -2.37. The molecule has 1 aromatic carbocycles. The van der Waals surface area contributed by atoms with Crippen LogP contribution < -0.4 is 20.1 Å². The number of guanidine groups is 1. The van der Waals surface area contributed by atoms with E-state index in [-0.39, 0.29) is 24.0 Å². The number of nitrogens with one attached hydrogen (secondary N) is 2.